The SMILES string of the molecule is Cc1noc(CN2CCN(Cc3ccc(S(=O)(=O)N4CCCC4)o3)CC2)n1. The summed E-state index contributed by atoms with van der Waals surface area (Å²) in [7, 11) is -3.48. The standard InChI is InChI=1S/C17H25N5O4S/c1-14-18-16(26-19-14)13-21-10-8-20(9-11-21)12-15-4-5-17(25-15)27(23,24)22-6-2-3-7-22/h4-5H,2-3,6-13H2,1H3. The molecule has 9 nitrogen and oxygen atoms in total. The maximum atomic E-state index is 12.6. The molecule has 0 aromatic carbocycles. The number of hydrogen-bond acceptors (Lipinski definition) is 8. The molecule has 0 N–H and O–H groups in total. The highest BCUT2D eigenvalue weighted by molar-refractivity contribution is 7.89. The minimum atomic E-state index is -3.48. The van der Waals surface area contributed by atoms with Gasteiger partial charge in [-0.25, -0.2) is 8.42 Å². The predicted molar refractivity (Wildman–Crippen MR) is 96.3 cm³/mol. The molecule has 0 saturated carbocycles. The highest BCUT2D eigenvalue weighted by atomic mass is 32.2. The molecule has 0 atom stereocenters. The summed E-state index contributed by atoms with van der Waals surface area (Å²) in [6.45, 7) is 7.79. The molecule has 2 aliphatic rings. The molecule has 0 bridgehead atoms. The Balaban J connectivity index is 1.30. The van der Waals surface area contributed by atoms with E-state index in [2.05, 4.69) is 19.9 Å². The maximum absolute atomic E-state index is 12.6. The number of sulfonamides is 1. The van der Waals surface area contributed by atoms with Crippen molar-refractivity contribution in [3.8, 4) is 0 Å². The first-order chi connectivity index (χ1) is 13.0. The van der Waals surface area contributed by atoms with Crippen LogP contribution >= 0.6 is 0 Å². The lowest BCUT2D eigenvalue weighted by molar-refractivity contribution is 0.106. The lowest BCUT2D eigenvalue weighted by atomic mass is 10.3. The first-order valence-corrected chi connectivity index (χ1v) is 10.8. The highest BCUT2D eigenvalue weighted by Gasteiger charge is 2.30. The fraction of sp³-hybridized carbons (Fsp3) is 0.647. The summed E-state index contributed by atoms with van der Waals surface area (Å²) in [5, 5.41) is 3.88. The van der Waals surface area contributed by atoms with Gasteiger partial charge >= 0.3 is 0 Å². The zero-order chi connectivity index (χ0) is 18.9. The molecule has 2 fully saturated rings. The first kappa shape index (κ1) is 18.6. The number of aromatic nitrogens is 2. The van der Waals surface area contributed by atoms with E-state index in [1.165, 1.54) is 4.31 Å². The largest absolute Gasteiger partial charge is 0.447 e. The third kappa shape index (κ3) is 4.23. The Kier molecular flexibility index (Phi) is 5.31. The van der Waals surface area contributed by atoms with Gasteiger partial charge < -0.3 is 8.94 Å². The average molecular weight is 395 g/mol. The second-order valence-electron chi connectivity index (χ2n) is 7.12. The van der Waals surface area contributed by atoms with E-state index >= 15 is 0 Å². The van der Waals surface area contributed by atoms with Gasteiger partial charge in [0.05, 0.1) is 13.1 Å². The van der Waals surface area contributed by atoms with Gasteiger partial charge in [-0.3, -0.25) is 9.80 Å². The van der Waals surface area contributed by atoms with Crippen molar-refractivity contribution in [2.45, 2.75) is 37.9 Å². The van der Waals surface area contributed by atoms with E-state index in [0.717, 1.165) is 39.0 Å². The quantitative estimate of drug-likeness (QED) is 0.717. The maximum Gasteiger partial charge on any atom is 0.276 e. The molecule has 27 heavy (non-hydrogen) atoms. The van der Waals surface area contributed by atoms with Crippen LogP contribution in [0.15, 0.2) is 26.2 Å². The zero-order valence-electron chi connectivity index (χ0n) is 15.5. The average Bonchev–Trinajstić information content (AvgIpc) is 3.39. The van der Waals surface area contributed by atoms with Gasteiger partial charge in [0.2, 0.25) is 11.0 Å². The number of aryl methyl sites for hydroxylation is 1. The molecule has 0 spiro atoms. The molecule has 4 rings (SSSR count). The van der Waals surface area contributed by atoms with Crippen molar-refractivity contribution in [3.63, 3.8) is 0 Å². The molecule has 0 aliphatic carbocycles. The molecule has 0 radical (unpaired) electrons. The van der Waals surface area contributed by atoms with E-state index < -0.39 is 10.0 Å². The molecule has 2 saturated heterocycles. The van der Waals surface area contributed by atoms with Crippen LogP contribution < -0.4 is 0 Å². The summed E-state index contributed by atoms with van der Waals surface area (Å²) < 4.78 is 37.5. The second kappa shape index (κ2) is 7.70. The molecular formula is C17H25N5O4S. The van der Waals surface area contributed by atoms with E-state index in [1.807, 2.05) is 6.92 Å². The Morgan fingerprint density at radius 2 is 1.67 bits per heavy atom. The topological polar surface area (TPSA) is 95.9 Å². The summed E-state index contributed by atoms with van der Waals surface area (Å²) >= 11 is 0. The fourth-order valence-corrected chi connectivity index (χ4v) is 5.00. The van der Waals surface area contributed by atoms with Crippen LogP contribution in [0.5, 0.6) is 0 Å². The third-order valence-electron chi connectivity index (χ3n) is 5.07. The van der Waals surface area contributed by atoms with Crippen LogP contribution in [0.2, 0.25) is 0 Å². The number of furan rings is 1. The van der Waals surface area contributed by atoms with E-state index in [1.54, 1.807) is 12.1 Å². The number of hydrogen-bond donors (Lipinski definition) is 0. The summed E-state index contributed by atoms with van der Waals surface area (Å²) in [5.41, 5.74) is 0. The van der Waals surface area contributed by atoms with Crippen LogP contribution in [0.25, 0.3) is 0 Å². The molecule has 4 heterocycles. The molecule has 0 unspecified atom stereocenters. The second-order valence-corrected chi connectivity index (χ2v) is 8.99. The van der Waals surface area contributed by atoms with Gasteiger partial charge in [-0.2, -0.15) is 9.29 Å². The van der Waals surface area contributed by atoms with E-state index in [9.17, 15) is 8.42 Å². The van der Waals surface area contributed by atoms with Crippen LogP contribution in [-0.2, 0) is 23.1 Å². The van der Waals surface area contributed by atoms with Crippen molar-refractivity contribution >= 4 is 10.0 Å². The van der Waals surface area contributed by atoms with Gasteiger partial charge in [-0.05, 0) is 31.9 Å². The number of rotatable bonds is 6. The van der Waals surface area contributed by atoms with Gasteiger partial charge in [0.25, 0.3) is 10.0 Å². The normalized spacial score (nSPS) is 20.5. The first-order valence-electron chi connectivity index (χ1n) is 9.33. The van der Waals surface area contributed by atoms with Gasteiger partial charge in [0.1, 0.15) is 5.76 Å². The van der Waals surface area contributed by atoms with Crippen molar-refractivity contribution in [3.05, 3.63) is 29.6 Å². The lowest BCUT2D eigenvalue weighted by Gasteiger charge is -2.33. The van der Waals surface area contributed by atoms with Gasteiger partial charge in [-0.1, -0.05) is 5.16 Å². The summed E-state index contributed by atoms with van der Waals surface area (Å²) in [6.07, 6.45) is 1.83. The van der Waals surface area contributed by atoms with Crippen molar-refractivity contribution < 1.29 is 17.4 Å². The van der Waals surface area contributed by atoms with Crippen molar-refractivity contribution in [1.82, 2.24) is 24.2 Å². The lowest BCUT2D eigenvalue weighted by Crippen LogP contribution is -2.45. The Labute approximate surface area is 159 Å². The molecule has 2 aliphatic heterocycles. The minimum Gasteiger partial charge on any atom is -0.447 e. The minimum absolute atomic E-state index is 0.0600. The third-order valence-corrected chi connectivity index (χ3v) is 6.84. The smallest absolute Gasteiger partial charge is 0.276 e. The Morgan fingerprint density at radius 3 is 2.30 bits per heavy atom. The highest BCUT2D eigenvalue weighted by Crippen LogP contribution is 2.23. The summed E-state index contributed by atoms with van der Waals surface area (Å²) in [4.78, 5) is 8.78. The van der Waals surface area contributed by atoms with Crippen molar-refractivity contribution in [1.29, 1.82) is 0 Å². The molecule has 2 aromatic rings. The van der Waals surface area contributed by atoms with Gasteiger partial charge in [-0.15, -0.1) is 0 Å². The molecule has 2 aromatic heterocycles. The Hall–Kier alpha value is -1.75. The van der Waals surface area contributed by atoms with Crippen LogP contribution in [0.1, 0.15) is 30.3 Å². The van der Waals surface area contributed by atoms with Crippen LogP contribution in [0.3, 0.4) is 0 Å². The fourth-order valence-electron chi connectivity index (χ4n) is 3.56. The summed E-state index contributed by atoms with van der Waals surface area (Å²) in [6, 6.07) is 3.35. The Bertz CT molecular complexity index is 864. The Morgan fingerprint density at radius 1 is 1.00 bits per heavy atom. The van der Waals surface area contributed by atoms with E-state index in [0.29, 0.717) is 43.7 Å². The zero-order valence-corrected chi connectivity index (χ0v) is 16.3. The van der Waals surface area contributed by atoms with Crippen LogP contribution in [0.4, 0.5) is 0 Å². The molecule has 148 valence electrons. The van der Waals surface area contributed by atoms with Crippen molar-refractivity contribution in [2.24, 2.45) is 0 Å². The molecule has 10 heteroatoms. The van der Waals surface area contributed by atoms with Gasteiger partial charge in [0, 0.05) is 39.3 Å². The van der Waals surface area contributed by atoms with Crippen LogP contribution in [0, 0.1) is 6.92 Å². The molecular weight excluding hydrogens is 370 g/mol. The summed E-state index contributed by atoms with van der Waals surface area (Å²) in [5.74, 6) is 1.98. The number of nitrogens with zero attached hydrogens (tertiary/aromatic N) is 5. The predicted octanol–water partition coefficient (Wildman–Crippen LogP) is 1.07. The van der Waals surface area contributed by atoms with Crippen LogP contribution in [-0.4, -0.2) is 71.9 Å². The van der Waals surface area contributed by atoms with E-state index in [-0.39, 0.29) is 5.09 Å². The number of piperazine rings is 1. The van der Waals surface area contributed by atoms with Gasteiger partial charge in [0.15, 0.2) is 5.82 Å². The van der Waals surface area contributed by atoms with Crippen molar-refractivity contribution in [2.75, 3.05) is 39.3 Å². The molecule has 0 amide bonds. The monoisotopic (exact) mass is 395 g/mol. The van der Waals surface area contributed by atoms with E-state index in [4.69, 9.17) is 8.94 Å².